The maximum Gasteiger partial charge on any atom is 0.259 e. The van der Waals surface area contributed by atoms with Gasteiger partial charge in [-0.15, -0.1) is 11.3 Å². The fourth-order valence-corrected chi connectivity index (χ4v) is 12.2. The van der Waals surface area contributed by atoms with Crippen molar-refractivity contribution in [2.45, 2.75) is 117 Å². The number of hydrogen-bond acceptors (Lipinski definition) is 3. The van der Waals surface area contributed by atoms with Gasteiger partial charge in [-0.05, 0) is 128 Å². The van der Waals surface area contributed by atoms with Gasteiger partial charge >= 0.3 is 0 Å². The quantitative estimate of drug-likeness (QED) is 0.164. The van der Waals surface area contributed by atoms with Gasteiger partial charge in [0.15, 0.2) is 0 Å². The Hall–Kier alpha value is -5.78. The van der Waals surface area contributed by atoms with Crippen LogP contribution in [0.1, 0.15) is 112 Å². The average molecular weight is 868 g/mol. The zero-order chi connectivity index (χ0) is 45.5. The predicted octanol–water partition coefficient (Wildman–Crippen LogP) is 15.2. The molecule has 11 rings (SSSR count). The van der Waals surface area contributed by atoms with E-state index in [0.29, 0.717) is 0 Å². The molecular weight excluding hydrogens is 806 g/mol. The van der Waals surface area contributed by atoms with Gasteiger partial charge in [0.2, 0.25) is 0 Å². The summed E-state index contributed by atoms with van der Waals surface area (Å²) >= 11 is 2.01. The number of rotatable bonds is 3. The number of aromatic nitrogens is 1. The summed E-state index contributed by atoms with van der Waals surface area (Å²) in [5, 5.41) is 3.92. The van der Waals surface area contributed by atoms with Crippen LogP contribution in [0.25, 0.3) is 37.6 Å². The molecule has 0 radical (unpaired) electrons. The van der Waals surface area contributed by atoms with Gasteiger partial charge in [0.1, 0.15) is 0 Å². The fourth-order valence-electron chi connectivity index (χ4n) is 10.9. The minimum Gasteiger partial charge on any atom is -0.334 e. The highest BCUT2D eigenvalue weighted by molar-refractivity contribution is 7.32. The van der Waals surface area contributed by atoms with Crippen LogP contribution in [0.3, 0.4) is 0 Å². The Morgan fingerprint density at radius 1 is 0.523 bits per heavy atom. The first kappa shape index (κ1) is 41.9. The summed E-state index contributed by atoms with van der Waals surface area (Å²) in [5.41, 5.74) is 18.7. The minimum absolute atomic E-state index is 0.00399. The van der Waals surface area contributed by atoms with Crippen LogP contribution in [0.2, 0.25) is 0 Å². The highest BCUT2D eigenvalue weighted by atomic mass is 32.1. The van der Waals surface area contributed by atoms with Gasteiger partial charge in [-0.2, -0.15) is 0 Å². The largest absolute Gasteiger partial charge is 0.334 e. The topological polar surface area (TPSA) is 11.4 Å². The molecule has 0 spiro atoms. The summed E-state index contributed by atoms with van der Waals surface area (Å²) < 4.78 is 5.26. The zero-order valence-electron chi connectivity index (χ0n) is 40.4. The molecule has 0 amide bonds. The van der Waals surface area contributed by atoms with Crippen LogP contribution < -0.4 is 20.0 Å². The zero-order valence-corrected chi connectivity index (χ0v) is 41.2. The van der Waals surface area contributed by atoms with Crippen LogP contribution in [0.4, 0.5) is 22.7 Å². The van der Waals surface area contributed by atoms with E-state index in [-0.39, 0.29) is 34.4 Å². The fraction of sp³-hybridized carbons (Fsp3) is 0.300. The van der Waals surface area contributed by atoms with E-state index in [2.05, 4.69) is 237 Å². The number of benzene rings is 6. The van der Waals surface area contributed by atoms with Crippen molar-refractivity contribution in [1.82, 2.24) is 4.57 Å². The molecule has 6 aromatic carbocycles. The lowest BCUT2D eigenvalue weighted by molar-refractivity contribution is 0.590. The third kappa shape index (κ3) is 6.66. The van der Waals surface area contributed by atoms with Gasteiger partial charge < -0.3 is 14.4 Å². The van der Waals surface area contributed by atoms with E-state index >= 15 is 0 Å². The van der Waals surface area contributed by atoms with Crippen molar-refractivity contribution in [1.29, 1.82) is 0 Å². The maximum absolute atomic E-state index is 2.74. The second-order valence-corrected chi connectivity index (χ2v) is 24.2. The molecule has 0 fully saturated rings. The van der Waals surface area contributed by atoms with Gasteiger partial charge in [-0.25, -0.2) is 0 Å². The van der Waals surface area contributed by atoms with Gasteiger partial charge in [-0.3, -0.25) is 0 Å². The number of thiophene rings is 1. The van der Waals surface area contributed by atoms with Crippen LogP contribution in [0.15, 0.2) is 151 Å². The smallest absolute Gasteiger partial charge is 0.259 e. The van der Waals surface area contributed by atoms with Crippen LogP contribution in [0.5, 0.6) is 0 Å². The van der Waals surface area contributed by atoms with Crippen molar-refractivity contribution in [3.05, 3.63) is 173 Å². The molecule has 0 bridgehead atoms. The number of allylic oxidation sites excluding steroid dienone is 1. The van der Waals surface area contributed by atoms with E-state index in [1.807, 2.05) is 11.3 Å². The number of hydrogen-bond donors (Lipinski definition) is 0. The van der Waals surface area contributed by atoms with E-state index in [4.69, 9.17) is 0 Å². The Labute approximate surface area is 391 Å². The molecule has 4 heterocycles. The normalized spacial score (nSPS) is 16.5. The monoisotopic (exact) mass is 867 g/mol. The highest BCUT2D eigenvalue weighted by Crippen LogP contribution is 2.51. The first-order valence-electron chi connectivity index (χ1n) is 23.7. The molecule has 1 aliphatic carbocycles. The molecule has 0 N–H and O–H groups in total. The predicted molar refractivity (Wildman–Crippen MR) is 284 cm³/mol. The van der Waals surface area contributed by atoms with Crippen molar-refractivity contribution in [3.63, 3.8) is 0 Å². The van der Waals surface area contributed by atoms with Gasteiger partial charge in [-0.1, -0.05) is 156 Å². The first-order chi connectivity index (χ1) is 30.8. The molecule has 65 heavy (non-hydrogen) atoms. The summed E-state index contributed by atoms with van der Waals surface area (Å²) in [5.74, 6) is 0. The third-order valence-electron chi connectivity index (χ3n) is 14.6. The van der Waals surface area contributed by atoms with Crippen LogP contribution in [-0.4, -0.2) is 17.3 Å². The summed E-state index contributed by atoms with van der Waals surface area (Å²) in [6, 6.07) is 49.8. The lowest BCUT2D eigenvalue weighted by atomic mass is 9.34. The van der Waals surface area contributed by atoms with Crippen LogP contribution in [-0.2, 0) is 21.7 Å². The molecule has 5 heteroatoms. The molecule has 3 nitrogen and oxygen atoms in total. The van der Waals surface area contributed by atoms with E-state index < -0.39 is 0 Å². The Morgan fingerprint density at radius 3 is 1.68 bits per heavy atom. The minimum atomic E-state index is -0.00399. The van der Waals surface area contributed by atoms with E-state index in [9.17, 15) is 0 Å². The third-order valence-corrected chi connectivity index (χ3v) is 15.8. The number of nitrogens with zero attached hydrogens (tertiary/aromatic N) is 3. The van der Waals surface area contributed by atoms with Gasteiger partial charge in [0, 0.05) is 54.1 Å². The summed E-state index contributed by atoms with van der Waals surface area (Å²) in [4.78, 5) is 5.32. The van der Waals surface area contributed by atoms with Crippen molar-refractivity contribution in [3.8, 4) is 5.69 Å². The molecule has 2 aliphatic heterocycles. The Balaban J connectivity index is 1.21. The molecule has 1 unspecified atom stereocenters. The molecule has 326 valence electrons. The molecular formula is C60H62BN3S. The molecule has 0 saturated heterocycles. The average Bonchev–Trinajstić information content (AvgIpc) is 3.79. The second-order valence-electron chi connectivity index (χ2n) is 23.1. The van der Waals surface area contributed by atoms with E-state index in [0.717, 1.165) is 6.42 Å². The number of para-hydroxylation sites is 1. The van der Waals surface area contributed by atoms with Crippen molar-refractivity contribution in [2.24, 2.45) is 0 Å². The Bertz CT molecular complexity index is 3260. The lowest BCUT2D eigenvalue weighted by Gasteiger charge is -2.49. The standard InChI is InChI=1S/C60H62BN3S/c1-57(2,3)37-20-27-41(28-21-37)62-48-17-14-13-16-44(48)45-35-46-53(36-52(45)62)65-56-55(46)64(43-31-24-39(25-32-43)59(7,8)9)51-19-15-18-50-54(51)61(56)47-34-40(60(10,11)12)26-33-49(47)63(50)42-29-22-38(23-30-42)58(4,5)6/h13-18,20-36,51H,19H2,1-12H3. The van der Waals surface area contributed by atoms with Crippen LogP contribution in [0, 0.1) is 0 Å². The number of fused-ring (bicyclic) bond motifs is 9. The molecule has 0 saturated carbocycles. The van der Waals surface area contributed by atoms with E-state index in [1.54, 1.807) is 0 Å². The molecule has 2 aromatic heterocycles. The van der Waals surface area contributed by atoms with Gasteiger partial charge in [0.25, 0.3) is 6.71 Å². The summed E-state index contributed by atoms with van der Waals surface area (Å²) in [6.45, 7) is 27.9. The highest BCUT2D eigenvalue weighted by Gasteiger charge is 2.49. The van der Waals surface area contributed by atoms with E-state index in [1.165, 1.54) is 104 Å². The Kier molecular flexibility index (Phi) is 9.26. The van der Waals surface area contributed by atoms with Crippen molar-refractivity contribution in [2.75, 3.05) is 9.80 Å². The molecule has 3 aliphatic rings. The first-order valence-corrected chi connectivity index (χ1v) is 24.5. The van der Waals surface area contributed by atoms with Crippen molar-refractivity contribution < 1.29 is 0 Å². The van der Waals surface area contributed by atoms with Crippen LogP contribution >= 0.6 is 11.3 Å². The molecule has 8 aromatic rings. The van der Waals surface area contributed by atoms with Crippen molar-refractivity contribution >= 4 is 82.9 Å². The molecule has 1 atom stereocenters. The second kappa shape index (κ2) is 14.4. The SMILES string of the molecule is CC(C)(C)c1ccc(N2C3=C4B(c5cc(C(C)(C)C)ccc52)c2sc5cc6c(cc5c2N(c2ccc(C(C)(C)C)cc2)C4CC=C3)c2ccccc2n6-c2ccc(C(C)(C)C)cc2)cc1. The maximum atomic E-state index is 2.74. The lowest BCUT2D eigenvalue weighted by Crippen LogP contribution is -2.60. The summed E-state index contributed by atoms with van der Waals surface area (Å²) in [7, 11) is 0. The Morgan fingerprint density at radius 2 is 1.08 bits per heavy atom. The summed E-state index contributed by atoms with van der Waals surface area (Å²) in [6.07, 6.45) is 5.81. The van der Waals surface area contributed by atoms with Gasteiger partial charge in [0.05, 0.1) is 22.8 Å². The number of anilines is 4.